The van der Waals surface area contributed by atoms with Gasteiger partial charge >= 0.3 is 0 Å². The smallest absolute Gasteiger partial charge is 0.277 e. The number of rotatable bonds is 7. The molecule has 0 heterocycles. The Balaban J connectivity index is 1.84. The second kappa shape index (κ2) is 9.55. The van der Waals surface area contributed by atoms with Crippen LogP contribution in [0.5, 0.6) is 5.75 Å². The Kier molecular flexibility index (Phi) is 7.13. The molecule has 134 valence electrons. The van der Waals surface area contributed by atoms with E-state index < -0.39 is 10.8 Å². The molecule has 0 fully saturated rings. The summed E-state index contributed by atoms with van der Waals surface area (Å²) in [7, 11) is 0. The molecule has 0 spiro atoms. The summed E-state index contributed by atoms with van der Waals surface area (Å²) in [6.07, 6.45) is 4.27. The summed E-state index contributed by atoms with van der Waals surface area (Å²) in [5, 5.41) is 15.3. The van der Waals surface area contributed by atoms with E-state index in [9.17, 15) is 14.9 Å². The molecule has 0 aliphatic rings. The molecule has 2 rings (SSSR count). The average molecular weight is 394 g/mol. The largest absolute Gasteiger partial charge is 0.482 e. The van der Waals surface area contributed by atoms with Gasteiger partial charge in [-0.1, -0.05) is 35.3 Å². The summed E-state index contributed by atoms with van der Waals surface area (Å²) in [6.45, 7) is -0.300. The normalized spacial score (nSPS) is 11.0. The molecular weight excluding hydrogens is 381 g/mol. The van der Waals surface area contributed by atoms with Gasteiger partial charge in [0.15, 0.2) is 6.61 Å². The number of carbonyl (C=O) groups is 1. The number of allylic oxidation sites excluding steroid dienone is 1. The number of hydrazone groups is 1. The van der Waals surface area contributed by atoms with Crippen molar-refractivity contribution >= 4 is 47.1 Å². The van der Waals surface area contributed by atoms with E-state index in [4.69, 9.17) is 27.9 Å². The minimum absolute atomic E-state index is 0.0204. The number of nitro benzene ring substituents is 1. The molecule has 0 radical (unpaired) electrons. The monoisotopic (exact) mass is 393 g/mol. The Labute approximate surface area is 159 Å². The fourth-order valence-corrected chi connectivity index (χ4v) is 2.19. The SMILES string of the molecule is O=C(COc1cc(Cl)ccc1Cl)NN=CC=Cc1ccccc1[N+](=O)[O-]. The Morgan fingerprint density at radius 3 is 2.81 bits per heavy atom. The molecule has 0 atom stereocenters. The first-order valence-electron chi connectivity index (χ1n) is 7.27. The summed E-state index contributed by atoms with van der Waals surface area (Å²) in [5.74, 6) is -0.217. The lowest BCUT2D eigenvalue weighted by Crippen LogP contribution is -2.24. The first kappa shape index (κ1) is 19.4. The Morgan fingerprint density at radius 1 is 1.27 bits per heavy atom. The van der Waals surface area contributed by atoms with Crippen LogP contribution in [0.1, 0.15) is 5.56 Å². The summed E-state index contributed by atoms with van der Waals surface area (Å²) in [4.78, 5) is 22.1. The van der Waals surface area contributed by atoms with Crippen LogP contribution in [0.15, 0.2) is 53.6 Å². The number of halogens is 2. The maximum absolute atomic E-state index is 11.6. The number of amides is 1. The Hall–Kier alpha value is -2.90. The first-order valence-corrected chi connectivity index (χ1v) is 8.03. The molecule has 0 saturated heterocycles. The zero-order chi connectivity index (χ0) is 18.9. The molecule has 0 bridgehead atoms. The predicted molar refractivity (Wildman–Crippen MR) is 101 cm³/mol. The molecule has 0 saturated carbocycles. The van der Waals surface area contributed by atoms with Gasteiger partial charge < -0.3 is 4.74 Å². The van der Waals surface area contributed by atoms with Crippen LogP contribution in [-0.4, -0.2) is 23.7 Å². The molecule has 2 aromatic rings. The minimum atomic E-state index is -0.503. The van der Waals surface area contributed by atoms with E-state index in [2.05, 4.69) is 10.5 Å². The summed E-state index contributed by atoms with van der Waals surface area (Å²) >= 11 is 11.7. The van der Waals surface area contributed by atoms with Gasteiger partial charge in [-0.15, -0.1) is 0 Å². The number of nitrogens with one attached hydrogen (secondary N) is 1. The highest BCUT2D eigenvalue weighted by atomic mass is 35.5. The van der Waals surface area contributed by atoms with Gasteiger partial charge in [0.1, 0.15) is 5.75 Å². The number of hydrogen-bond acceptors (Lipinski definition) is 5. The lowest BCUT2D eigenvalue weighted by atomic mass is 10.2. The standard InChI is InChI=1S/C17H13Cl2N3O4/c18-13-7-8-14(19)16(10-13)26-11-17(23)21-20-9-3-5-12-4-1-2-6-15(12)22(24)25/h1-10H,11H2,(H,21,23). The highest BCUT2D eigenvalue weighted by Crippen LogP contribution is 2.27. The molecule has 2 aromatic carbocycles. The van der Waals surface area contributed by atoms with Gasteiger partial charge in [-0.25, -0.2) is 5.43 Å². The summed E-state index contributed by atoms with van der Waals surface area (Å²) in [6, 6.07) is 10.9. The molecule has 1 amide bonds. The van der Waals surface area contributed by atoms with Crippen molar-refractivity contribution in [3.63, 3.8) is 0 Å². The van der Waals surface area contributed by atoms with Crippen LogP contribution in [0, 0.1) is 10.1 Å². The quantitative estimate of drug-likeness (QED) is 0.435. The van der Waals surface area contributed by atoms with Crippen molar-refractivity contribution in [2.45, 2.75) is 0 Å². The van der Waals surface area contributed by atoms with Gasteiger partial charge in [0.05, 0.1) is 15.5 Å². The van der Waals surface area contributed by atoms with Crippen LogP contribution in [0.4, 0.5) is 5.69 Å². The van der Waals surface area contributed by atoms with E-state index in [1.54, 1.807) is 30.3 Å². The molecular formula is C17H13Cl2N3O4. The third-order valence-corrected chi connectivity index (χ3v) is 3.56. The number of nitrogens with zero attached hydrogens (tertiary/aromatic N) is 2. The molecule has 26 heavy (non-hydrogen) atoms. The molecule has 1 N–H and O–H groups in total. The van der Waals surface area contributed by atoms with Crippen molar-refractivity contribution in [2.75, 3.05) is 6.61 Å². The van der Waals surface area contributed by atoms with E-state index in [0.717, 1.165) is 0 Å². The van der Waals surface area contributed by atoms with Gasteiger partial charge in [-0.3, -0.25) is 14.9 Å². The third kappa shape index (κ3) is 5.87. The van der Waals surface area contributed by atoms with Crippen LogP contribution in [0.25, 0.3) is 6.08 Å². The number of ether oxygens (including phenoxy) is 1. The second-order valence-electron chi connectivity index (χ2n) is 4.85. The number of hydrogen-bond donors (Lipinski definition) is 1. The maximum Gasteiger partial charge on any atom is 0.277 e. The highest BCUT2D eigenvalue weighted by molar-refractivity contribution is 6.34. The fraction of sp³-hybridized carbons (Fsp3) is 0.0588. The number of benzene rings is 2. The lowest BCUT2D eigenvalue weighted by molar-refractivity contribution is -0.385. The molecule has 0 unspecified atom stereocenters. The number of nitro groups is 1. The van der Waals surface area contributed by atoms with Crippen molar-refractivity contribution < 1.29 is 14.5 Å². The predicted octanol–water partition coefficient (Wildman–Crippen LogP) is 4.10. The van der Waals surface area contributed by atoms with Gasteiger partial charge in [0.2, 0.25) is 0 Å². The third-order valence-electron chi connectivity index (χ3n) is 3.01. The number of para-hydroxylation sites is 1. The number of carbonyl (C=O) groups excluding carboxylic acids is 1. The van der Waals surface area contributed by atoms with Crippen LogP contribution < -0.4 is 10.2 Å². The van der Waals surface area contributed by atoms with Crippen LogP contribution >= 0.6 is 23.2 Å². The van der Waals surface area contributed by atoms with Crippen molar-refractivity contribution in [2.24, 2.45) is 5.10 Å². The Morgan fingerprint density at radius 2 is 2.04 bits per heavy atom. The van der Waals surface area contributed by atoms with Crippen LogP contribution in [0.2, 0.25) is 10.0 Å². The van der Waals surface area contributed by atoms with Crippen molar-refractivity contribution in [1.82, 2.24) is 5.43 Å². The molecule has 9 heteroatoms. The molecule has 0 aromatic heterocycles. The van der Waals surface area contributed by atoms with Gasteiger partial charge in [0.25, 0.3) is 11.6 Å². The first-order chi connectivity index (χ1) is 12.5. The minimum Gasteiger partial charge on any atom is -0.482 e. The summed E-state index contributed by atoms with van der Waals surface area (Å²) in [5.41, 5.74) is 2.66. The molecule has 0 aliphatic carbocycles. The second-order valence-corrected chi connectivity index (χ2v) is 5.70. The average Bonchev–Trinajstić information content (AvgIpc) is 2.62. The Bertz CT molecular complexity index is 869. The van der Waals surface area contributed by atoms with Crippen LogP contribution in [-0.2, 0) is 4.79 Å². The van der Waals surface area contributed by atoms with Gasteiger partial charge in [-0.05, 0) is 30.4 Å². The summed E-state index contributed by atoms with van der Waals surface area (Å²) < 4.78 is 5.25. The van der Waals surface area contributed by atoms with Crippen molar-refractivity contribution in [1.29, 1.82) is 0 Å². The maximum atomic E-state index is 11.6. The highest BCUT2D eigenvalue weighted by Gasteiger charge is 2.08. The van der Waals surface area contributed by atoms with E-state index in [0.29, 0.717) is 15.6 Å². The van der Waals surface area contributed by atoms with E-state index in [-0.39, 0.29) is 18.0 Å². The van der Waals surface area contributed by atoms with E-state index >= 15 is 0 Å². The fourth-order valence-electron chi connectivity index (χ4n) is 1.86. The van der Waals surface area contributed by atoms with Crippen molar-refractivity contribution in [3.05, 3.63) is 74.3 Å². The van der Waals surface area contributed by atoms with E-state index in [1.165, 1.54) is 30.5 Å². The topological polar surface area (TPSA) is 93.8 Å². The van der Waals surface area contributed by atoms with Gasteiger partial charge in [-0.2, -0.15) is 5.10 Å². The lowest BCUT2D eigenvalue weighted by Gasteiger charge is -2.06. The molecule has 7 nitrogen and oxygen atoms in total. The van der Waals surface area contributed by atoms with Crippen LogP contribution in [0.3, 0.4) is 0 Å². The van der Waals surface area contributed by atoms with Crippen molar-refractivity contribution in [3.8, 4) is 5.75 Å². The molecule has 0 aliphatic heterocycles. The van der Waals surface area contributed by atoms with E-state index in [1.807, 2.05) is 0 Å². The zero-order valence-electron chi connectivity index (χ0n) is 13.3. The zero-order valence-corrected chi connectivity index (χ0v) is 14.8. The van der Waals surface area contributed by atoms with Gasteiger partial charge in [0, 0.05) is 23.4 Å².